The number of carbonyl (C=O) groups is 2. The number of likely N-dealkylation sites (tertiary alicyclic amines) is 1. The maximum absolute atomic E-state index is 12.0. The number of rotatable bonds is 5. The Morgan fingerprint density at radius 2 is 1.95 bits per heavy atom. The fourth-order valence-electron chi connectivity index (χ4n) is 2.39. The molecule has 2 rings (SSSR count). The Hall–Kier alpha value is -1.01. The number of hydrogen-bond acceptors (Lipinski definition) is 3. The topological polar surface area (TPSA) is 49.4 Å². The molecule has 2 amide bonds. The van der Waals surface area contributed by atoms with Crippen LogP contribution >= 0.6 is 27.7 Å². The molecule has 0 saturated carbocycles. The van der Waals surface area contributed by atoms with Crippen molar-refractivity contribution in [1.29, 1.82) is 0 Å². The largest absolute Gasteiger partial charge is 0.342 e. The molecular weight excluding hydrogens is 364 g/mol. The van der Waals surface area contributed by atoms with Crippen LogP contribution in [0.15, 0.2) is 22.7 Å². The van der Waals surface area contributed by atoms with Crippen LogP contribution in [0.25, 0.3) is 0 Å². The molecule has 1 aliphatic rings. The predicted molar refractivity (Wildman–Crippen MR) is 95.3 cm³/mol. The third-order valence-electron chi connectivity index (χ3n) is 3.61. The van der Waals surface area contributed by atoms with Gasteiger partial charge >= 0.3 is 0 Å². The van der Waals surface area contributed by atoms with Gasteiger partial charge in [0.05, 0.1) is 11.5 Å². The zero-order chi connectivity index (χ0) is 15.9. The third-order valence-corrected chi connectivity index (χ3v) is 5.42. The first-order chi connectivity index (χ1) is 10.6. The molecular formula is C16H21BrN2O2S. The van der Waals surface area contributed by atoms with Crippen molar-refractivity contribution in [2.45, 2.75) is 26.2 Å². The van der Waals surface area contributed by atoms with Crippen LogP contribution in [0.2, 0.25) is 0 Å². The first-order valence-corrected chi connectivity index (χ1v) is 9.42. The maximum atomic E-state index is 12.0. The summed E-state index contributed by atoms with van der Waals surface area (Å²) in [6, 6.07) is 5.70. The van der Waals surface area contributed by atoms with E-state index in [9.17, 15) is 9.59 Å². The summed E-state index contributed by atoms with van der Waals surface area (Å²) < 4.78 is 1.02. The van der Waals surface area contributed by atoms with Gasteiger partial charge in [-0.3, -0.25) is 9.59 Å². The molecule has 4 nitrogen and oxygen atoms in total. The number of nitrogens with one attached hydrogen (secondary N) is 1. The van der Waals surface area contributed by atoms with E-state index in [1.165, 1.54) is 18.2 Å². The van der Waals surface area contributed by atoms with Gasteiger partial charge in [0.2, 0.25) is 11.8 Å². The summed E-state index contributed by atoms with van der Waals surface area (Å²) in [5.41, 5.74) is 1.86. The molecule has 1 saturated heterocycles. The lowest BCUT2D eigenvalue weighted by molar-refractivity contribution is -0.129. The maximum Gasteiger partial charge on any atom is 0.234 e. The van der Waals surface area contributed by atoms with E-state index in [1.54, 1.807) is 0 Å². The Bertz CT molecular complexity index is 545. The molecule has 0 atom stereocenters. The van der Waals surface area contributed by atoms with Crippen molar-refractivity contribution in [2.75, 3.05) is 29.9 Å². The number of aryl methyl sites for hydroxylation is 1. The molecule has 1 aromatic carbocycles. The second kappa shape index (κ2) is 8.58. The quantitative estimate of drug-likeness (QED) is 0.845. The summed E-state index contributed by atoms with van der Waals surface area (Å²) in [5.74, 6) is 0.761. The summed E-state index contributed by atoms with van der Waals surface area (Å²) >= 11 is 4.81. The predicted octanol–water partition coefficient (Wildman–Crippen LogP) is 3.44. The van der Waals surface area contributed by atoms with Crippen molar-refractivity contribution in [3.8, 4) is 0 Å². The summed E-state index contributed by atoms with van der Waals surface area (Å²) in [6.45, 7) is 3.71. The Balaban J connectivity index is 1.71. The van der Waals surface area contributed by atoms with Gasteiger partial charge in [0.15, 0.2) is 0 Å². The van der Waals surface area contributed by atoms with E-state index in [0.717, 1.165) is 41.7 Å². The van der Waals surface area contributed by atoms with E-state index in [1.807, 2.05) is 30.0 Å². The average Bonchev–Trinajstić information content (AvgIpc) is 2.51. The van der Waals surface area contributed by atoms with E-state index >= 15 is 0 Å². The van der Waals surface area contributed by atoms with E-state index in [2.05, 4.69) is 21.2 Å². The number of anilines is 1. The Labute approximate surface area is 144 Å². The third kappa shape index (κ3) is 5.32. The molecule has 6 heteroatoms. The van der Waals surface area contributed by atoms with Gasteiger partial charge in [0.25, 0.3) is 0 Å². The summed E-state index contributed by atoms with van der Waals surface area (Å²) in [6.07, 6.45) is 3.41. The Morgan fingerprint density at radius 3 is 2.64 bits per heavy atom. The van der Waals surface area contributed by atoms with Crippen molar-refractivity contribution < 1.29 is 9.59 Å². The van der Waals surface area contributed by atoms with Crippen LogP contribution in [-0.4, -0.2) is 41.3 Å². The van der Waals surface area contributed by atoms with Crippen molar-refractivity contribution >= 4 is 45.2 Å². The van der Waals surface area contributed by atoms with Crippen LogP contribution in [0.5, 0.6) is 0 Å². The number of benzene rings is 1. The highest BCUT2D eigenvalue weighted by atomic mass is 79.9. The summed E-state index contributed by atoms with van der Waals surface area (Å²) in [7, 11) is 0. The van der Waals surface area contributed by atoms with Gasteiger partial charge in [-0.05, 0) is 49.9 Å². The van der Waals surface area contributed by atoms with Gasteiger partial charge in [-0.2, -0.15) is 0 Å². The first kappa shape index (κ1) is 17.3. The van der Waals surface area contributed by atoms with Crippen molar-refractivity contribution in [3.63, 3.8) is 0 Å². The molecule has 1 heterocycles. The Kier molecular flexibility index (Phi) is 6.76. The van der Waals surface area contributed by atoms with E-state index in [0.29, 0.717) is 11.5 Å². The van der Waals surface area contributed by atoms with Gasteiger partial charge in [0, 0.05) is 23.2 Å². The monoisotopic (exact) mass is 384 g/mol. The highest BCUT2D eigenvalue weighted by molar-refractivity contribution is 9.10. The highest BCUT2D eigenvalue weighted by Gasteiger charge is 2.16. The number of amides is 2. The lowest BCUT2D eigenvalue weighted by Gasteiger charge is -2.26. The lowest BCUT2D eigenvalue weighted by atomic mass is 10.1. The molecule has 0 aliphatic carbocycles. The van der Waals surface area contributed by atoms with E-state index in [-0.39, 0.29) is 11.8 Å². The van der Waals surface area contributed by atoms with Crippen LogP contribution in [0, 0.1) is 6.92 Å². The average molecular weight is 385 g/mol. The molecule has 1 N–H and O–H groups in total. The number of piperidine rings is 1. The van der Waals surface area contributed by atoms with Crippen molar-refractivity contribution in [2.24, 2.45) is 0 Å². The van der Waals surface area contributed by atoms with Gasteiger partial charge in [-0.25, -0.2) is 0 Å². The SMILES string of the molecule is Cc1cc(NC(=O)CSCC(=O)N2CCCCC2)ccc1Br. The number of halogens is 1. The van der Waals surface area contributed by atoms with Crippen LogP contribution < -0.4 is 5.32 Å². The van der Waals surface area contributed by atoms with Gasteiger partial charge in [0.1, 0.15) is 0 Å². The molecule has 1 aromatic rings. The zero-order valence-corrected chi connectivity index (χ0v) is 15.1. The Morgan fingerprint density at radius 1 is 1.23 bits per heavy atom. The van der Waals surface area contributed by atoms with Gasteiger partial charge < -0.3 is 10.2 Å². The van der Waals surface area contributed by atoms with Crippen LogP contribution in [0.4, 0.5) is 5.69 Å². The van der Waals surface area contributed by atoms with Crippen LogP contribution in [-0.2, 0) is 9.59 Å². The molecule has 0 radical (unpaired) electrons. The number of thioether (sulfide) groups is 1. The van der Waals surface area contributed by atoms with Crippen molar-refractivity contribution in [1.82, 2.24) is 4.90 Å². The molecule has 1 fully saturated rings. The van der Waals surface area contributed by atoms with Crippen LogP contribution in [0.3, 0.4) is 0 Å². The molecule has 120 valence electrons. The van der Waals surface area contributed by atoms with Gasteiger partial charge in [-0.1, -0.05) is 15.9 Å². The normalized spacial score (nSPS) is 14.7. The molecule has 0 aromatic heterocycles. The zero-order valence-electron chi connectivity index (χ0n) is 12.7. The first-order valence-electron chi connectivity index (χ1n) is 7.48. The molecule has 1 aliphatic heterocycles. The molecule has 0 bridgehead atoms. The molecule has 22 heavy (non-hydrogen) atoms. The summed E-state index contributed by atoms with van der Waals surface area (Å²) in [4.78, 5) is 25.8. The second-order valence-electron chi connectivity index (χ2n) is 5.45. The van der Waals surface area contributed by atoms with E-state index in [4.69, 9.17) is 0 Å². The van der Waals surface area contributed by atoms with Crippen LogP contribution in [0.1, 0.15) is 24.8 Å². The standard InChI is InChI=1S/C16H21BrN2O2S/c1-12-9-13(5-6-14(12)17)18-15(20)10-22-11-16(21)19-7-3-2-4-8-19/h5-6,9H,2-4,7-8,10-11H2,1H3,(H,18,20). The molecule has 0 spiro atoms. The minimum absolute atomic E-state index is 0.0711. The fraction of sp³-hybridized carbons (Fsp3) is 0.500. The smallest absolute Gasteiger partial charge is 0.234 e. The minimum atomic E-state index is -0.0711. The highest BCUT2D eigenvalue weighted by Crippen LogP contribution is 2.20. The molecule has 0 unspecified atom stereocenters. The van der Waals surface area contributed by atoms with Crippen molar-refractivity contribution in [3.05, 3.63) is 28.2 Å². The number of nitrogens with zero attached hydrogens (tertiary/aromatic N) is 1. The summed E-state index contributed by atoms with van der Waals surface area (Å²) in [5, 5.41) is 2.86. The minimum Gasteiger partial charge on any atom is -0.342 e. The lowest BCUT2D eigenvalue weighted by Crippen LogP contribution is -2.37. The fourth-order valence-corrected chi connectivity index (χ4v) is 3.35. The second-order valence-corrected chi connectivity index (χ2v) is 7.29. The number of hydrogen-bond donors (Lipinski definition) is 1. The van der Waals surface area contributed by atoms with Gasteiger partial charge in [-0.15, -0.1) is 11.8 Å². The number of carbonyl (C=O) groups excluding carboxylic acids is 2. The van der Waals surface area contributed by atoms with E-state index < -0.39 is 0 Å².